The zero-order chi connectivity index (χ0) is 11.2. The molecule has 1 nitrogen and oxygen atoms in total. The van der Waals surface area contributed by atoms with E-state index in [9.17, 15) is 0 Å². The summed E-state index contributed by atoms with van der Waals surface area (Å²) >= 11 is 0. The standard InChI is InChI=1S/C14H18BN/c1-10-4-6-14(7-5-10)9-16-13-8-11(15)2-3-12(13)14/h2-3,8,16H,1,4-7,9,15H2. The summed E-state index contributed by atoms with van der Waals surface area (Å²) < 4.78 is 0. The summed E-state index contributed by atoms with van der Waals surface area (Å²) in [5, 5.41) is 3.59. The first kappa shape index (κ1) is 10.0. The molecule has 1 aliphatic carbocycles. The highest BCUT2D eigenvalue weighted by Gasteiger charge is 2.40. The number of nitrogens with one attached hydrogen (secondary N) is 1. The lowest BCUT2D eigenvalue weighted by atomic mass is 9.69. The number of fused-ring (bicyclic) bond motifs is 2. The molecule has 1 heterocycles. The van der Waals surface area contributed by atoms with Gasteiger partial charge in [-0.3, -0.25) is 0 Å². The summed E-state index contributed by atoms with van der Waals surface area (Å²) in [6.07, 6.45) is 4.95. The molecule has 1 aromatic carbocycles. The first-order chi connectivity index (χ1) is 7.70. The maximum atomic E-state index is 4.12. The predicted octanol–water partition coefficient (Wildman–Crippen LogP) is 1.74. The number of hydrogen-bond acceptors (Lipinski definition) is 1. The molecule has 0 aromatic heterocycles. The predicted molar refractivity (Wildman–Crippen MR) is 72.4 cm³/mol. The van der Waals surface area contributed by atoms with E-state index in [2.05, 4.69) is 37.9 Å². The lowest BCUT2D eigenvalue weighted by Gasteiger charge is -2.34. The van der Waals surface area contributed by atoms with Crippen molar-refractivity contribution in [3.8, 4) is 0 Å². The maximum Gasteiger partial charge on any atom is 0.139 e. The van der Waals surface area contributed by atoms with Gasteiger partial charge in [0.1, 0.15) is 7.85 Å². The Balaban J connectivity index is 1.99. The molecule has 0 amide bonds. The van der Waals surface area contributed by atoms with Gasteiger partial charge in [-0.05, 0) is 37.3 Å². The van der Waals surface area contributed by atoms with Crippen LogP contribution in [0.15, 0.2) is 30.4 Å². The molecule has 1 saturated carbocycles. The van der Waals surface area contributed by atoms with Crippen LogP contribution in [0.4, 0.5) is 5.69 Å². The number of allylic oxidation sites excluding steroid dienone is 1. The van der Waals surface area contributed by atoms with Gasteiger partial charge in [0.05, 0.1) is 0 Å². The van der Waals surface area contributed by atoms with Crippen LogP contribution >= 0.6 is 0 Å². The third-order valence-corrected chi connectivity index (χ3v) is 4.28. The highest BCUT2D eigenvalue weighted by molar-refractivity contribution is 6.32. The molecule has 2 heteroatoms. The lowest BCUT2D eigenvalue weighted by Crippen LogP contribution is -2.31. The Morgan fingerprint density at radius 3 is 2.75 bits per heavy atom. The summed E-state index contributed by atoms with van der Waals surface area (Å²) in [6.45, 7) is 5.24. The second kappa shape index (κ2) is 3.41. The average Bonchev–Trinajstić information content (AvgIpc) is 2.62. The van der Waals surface area contributed by atoms with Gasteiger partial charge in [0.25, 0.3) is 0 Å². The number of anilines is 1. The van der Waals surface area contributed by atoms with E-state index in [0.717, 1.165) is 6.54 Å². The Bertz CT molecular complexity index is 440. The van der Waals surface area contributed by atoms with Crippen LogP contribution in [0.25, 0.3) is 0 Å². The van der Waals surface area contributed by atoms with Gasteiger partial charge < -0.3 is 5.32 Å². The zero-order valence-corrected chi connectivity index (χ0v) is 9.97. The normalized spacial score (nSPS) is 21.9. The van der Waals surface area contributed by atoms with Crippen LogP contribution in [0.2, 0.25) is 0 Å². The Morgan fingerprint density at radius 1 is 1.25 bits per heavy atom. The van der Waals surface area contributed by atoms with Crippen LogP contribution in [0, 0.1) is 0 Å². The molecule has 3 rings (SSSR count). The van der Waals surface area contributed by atoms with Crippen LogP contribution in [0.1, 0.15) is 31.2 Å². The van der Waals surface area contributed by atoms with Crippen molar-refractivity contribution >= 4 is 19.0 Å². The first-order valence-corrected chi connectivity index (χ1v) is 6.21. The molecule has 0 atom stereocenters. The summed E-state index contributed by atoms with van der Waals surface area (Å²) in [7, 11) is 2.16. The molecule has 0 bridgehead atoms. The molecule has 1 aromatic rings. The summed E-state index contributed by atoms with van der Waals surface area (Å²) in [6, 6.07) is 6.86. The minimum absolute atomic E-state index is 0.407. The second-order valence-electron chi connectivity index (χ2n) is 5.43. The van der Waals surface area contributed by atoms with E-state index in [1.807, 2.05) is 0 Å². The summed E-state index contributed by atoms with van der Waals surface area (Å²) in [4.78, 5) is 0. The van der Waals surface area contributed by atoms with Gasteiger partial charge in [-0.15, -0.1) is 0 Å². The molecule has 1 aliphatic heterocycles. The van der Waals surface area contributed by atoms with Crippen molar-refractivity contribution in [1.82, 2.24) is 0 Å². The topological polar surface area (TPSA) is 12.0 Å². The smallest absolute Gasteiger partial charge is 0.139 e. The first-order valence-electron chi connectivity index (χ1n) is 6.21. The molecule has 16 heavy (non-hydrogen) atoms. The van der Waals surface area contributed by atoms with Gasteiger partial charge >= 0.3 is 0 Å². The molecule has 0 unspecified atom stereocenters. The third kappa shape index (κ3) is 1.40. The SMILES string of the molecule is Bc1ccc2c(c1)NCC21CCC(=C)CC1. The van der Waals surface area contributed by atoms with E-state index in [4.69, 9.17) is 0 Å². The van der Waals surface area contributed by atoms with Crippen LogP contribution < -0.4 is 10.8 Å². The summed E-state index contributed by atoms with van der Waals surface area (Å²) in [5.41, 5.74) is 6.11. The van der Waals surface area contributed by atoms with Gasteiger partial charge in [-0.25, -0.2) is 0 Å². The van der Waals surface area contributed by atoms with Crippen molar-refractivity contribution in [2.75, 3.05) is 11.9 Å². The van der Waals surface area contributed by atoms with Crippen molar-refractivity contribution < 1.29 is 0 Å². The fraction of sp³-hybridized carbons (Fsp3) is 0.429. The zero-order valence-electron chi connectivity index (χ0n) is 9.97. The second-order valence-corrected chi connectivity index (χ2v) is 5.43. The monoisotopic (exact) mass is 211 g/mol. The van der Waals surface area contributed by atoms with Gasteiger partial charge in [-0.2, -0.15) is 0 Å². The molecule has 0 radical (unpaired) electrons. The number of rotatable bonds is 0. The van der Waals surface area contributed by atoms with Crippen LogP contribution in [0.5, 0.6) is 0 Å². The number of benzene rings is 1. The molecule has 0 saturated heterocycles. The molecule has 1 N–H and O–H groups in total. The maximum absolute atomic E-state index is 4.12. The quantitative estimate of drug-likeness (QED) is 0.509. The van der Waals surface area contributed by atoms with E-state index in [0.29, 0.717) is 5.41 Å². The van der Waals surface area contributed by atoms with Gasteiger partial charge in [0, 0.05) is 17.6 Å². The Hall–Kier alpha value is -1.18. The van der Waals surface area contributed by atoms with Crippen molar-refractivity contribution in [3.63, 3.8) is 0 Å². The van der Waals surface area contributed by atoms with Crippen molar-refractivity contribution in [2.45, 2.75) is 31.1 Å². The Labute approximate surface area is 98.4 Å². The van der Waals surface area contributed by atoms with Crippen molar-refractivity contribution in [1.29, 1.82) is 0 Å². The fourth-order valence-electron chi connectivity index (χ4n) is 3.15. The largest absolute Gasteiger partial charge is 0.384 e. The van der Waals surface area contributed by atoms with Crippen LogP contribution in [-0.2, 0) is 5.41 Å². The minimum atomic E-state index is 0.407. The lowest BCUT2D eigenvalue weighted by molar-refractivity contribution is 0.364. The molecule has 1 fully saturated rings. The highest BCUT2D eigenvalue weighted by Crippen LogP contribution is 2.46. The van der Waals surface area contributed by atoms with E-state index in [1.54, 1.807) is 5.56 Å². The van der Waals surface area contributed by atoms with Crippen molar-refractivity contribution in [3.05, 3.63) is 35.9 Å². The van der Waals surface area contributed by atoms with Gasteiger partial charge in [-0.1, -0.05) is 29.7 Å². The highest BCUT2D eigenvalue weighted by atomic mass is 14.9. The van der Waals surface area contributed by atoms with E-state index >= 15 is 0 Å². The Kier molecular flexibility index (Phi) is 2.13. The average molecular weight is 211 g/mol. The van der Waals surface area contributed by atoms with Crippen LogP contribution in [-0.4, -0.2) is 14.4 Å². The van der Waals surface area contributed by atoms with E-state index in [1.165, 1.54) is 42.4 Å². The number of hydrogen-bond donors (Lipinski definition) is 1. The molecular weight excluding hydrogens is 193 g/mol. The third-order valence-electron chi connectivity index (χ3n) is 4.28. The van der Waals surface area contributed by atoms with Crippen molar-refractivity contribution in [2.24, 2.45) is 0 Å². The van der Waals surface area contributed by atoms with Gasteiger partial charge in [0.15, 0.2) is 0 Å². The Morgan fingerprint density at radius 2 is 2.00 bits per heavy atom. The fourth-order valence-corrected chi connectivity index (χ4v) is 3.15. The van der Waals surface area contributed by atoms with E-state index < -0.39 is 0 Å². The van der Waals surface area contributed by atoms with Crippen LogP contribution in [0.3, 0.4) is 0 Å². The molecule has 1 spiro atoms. The minimum Gasteiger partial charge on any atom is -0.384 e. The van der Waals surface area contributed by atoms with Gasteiger partial charge in [0.2, 0.25) is 0 Å². The van der Waals surface area contributed by atoms with E-state index in [-0.39, 0.29) is 0 Å². The molecule has 2 aliphatic rings. The summed E-state index contributed by atoms with van der Waals surface area (Å²) in [5.74, 6) is 0. The molecule has 82 valence electrons. The molecular formula is C14H18BN.